The van der Waals surface area contributed by atoms with Gasteiger partial charge in [-0.1, -0.05) is 46.3 Å². The summed E-state index contributed by atoms with van der Waals surface area (Å²) in [6.07, 6.45) is 0. The second kappa shape index (κ2) is 6.42. The molecule has 20 heavy (non-hydrogen) atoms. The molecule has 106 valence electrons. The van der Waals surface area contributed by atoms with Crippen LogP contribution in [0.2, 0.25) is 0 Å². The molecular weight excluding hydrogens is 312 g/mol. The molecular formula is C17H21BrN2. The van der Waals surface area contributed by atoms with Gasteiger partial charge in [0.15, 0.2) is 0 Å². The van der Waals surface area contributed by atoms with Crippen LogP contribution in [0.3, 0.4) is 0 Å². The average molecular weight is 333 g/mol. The maximum atomic E-state index is 6.04. The predicted molar refractivity (Wildman–Crippen MR) is 90.3 cm³/mol. The molecule has 2 nitrogen and oxygen atoms in total. The SMILES string of the molecule is Cc1ccc(C(CN)N(C)c2ccccc2C)c(Br)c1. The highest BCUT2D eigenvalue weighted by Crippen LogP contribution is 2.31. The molecule has 0 radical (unpaired) electrons. The van der Waals surface area contributed by atoms with E-state index in [0.29, 0.717) is 6.54 Å². The molecule has 2 rings (SSSR count). The first-order valence-electron chi connectivity index (χ1n) is 6.79. The minimum Gasteiger partial charge on any atom is -0.366 e. The van der Waals surface area contributed by atoms with Gasteiger partial charge in [0.05, 0.1) is 6.04 Å². The fourth-order valence-electron chi connectivity index (χ4n) is 2.52. The Morgan fingerprint density at radius 1 is 1.15 bits per heavy atom. The fourth-order valence-corrected chi connectivity index (χ4v) is 3.28. The minimum atomic E-state index is 0.158. The summed E-state index contributed by atoms with van der Waals surface area (Å²) in [7, 11) is 2.10. The number of halogens is 1. The summed E-state index contributed by atoms with van der Waals surface area (Å²) >= 11 is 3.67. The van der Waals surface area contributed by atoms with E-state index in [1.165, 1.54) is 22.4 Å². The average Bonchev–Trinajstić information content (AvgIpc) is 2.42. The molecule has 2 aromatic carbocycles. The van der Waals surface area contributed by atoms with Crippen molar-refractivity contribution in [3.63, 3.8) is 0 Å². The number of hydrogen-bond acceptors (Lipinski definition) is 2. The van der Waals surface area contributed by atoms with Gasteiger partial charge in [0.1, 0.15) is 0 Å². The maximum Gasteiger partial charge on any atom is 0.0672 e. The highest BCUT2D eigenvalue weighted by molar-refractivity contribution is 9.10. The predicted octanol–water partition coefficient (Wildman–Crippen LogP) is 4.20. The van der Waals surface area contributed by atoms with E-state index >= 15 is 0 Å². The summed E-state index contributed by atoms with van der Waals surface area (Å²) in [5, 5.41) is 0. The van der Waals surface area contributed by atoms with Gasteiger partial charge >= 0.3 is 0 Å². The lowest BCUT2D eigenvalue weighted by Crippen LogP contribution is -2.31. The number of nitrogens with zero attached hydrogens (tertiary/aromatic N) is 1. The molecule has 1 atom stereocenters. The third kappa shape index (κ3) is 3.05. The van der Waals surface area contributed by atoms with E-state index in [9.17, 15) is 0 Å². The van der Waals surface area contributed by atoms with Crippen molar-refractivity contribution in [3.05, 3.63) is 63.6 Å². The van der Waals surface area contributed by atoms with E-state index in [0.717, 1.165) is 4.47 Å². The number of para-hydroxylation sites is 1. The van der Waals surface area contributed by atoms with Crippen LogP contribution in [0.25, 0.3) is 0 Å². The fraction of sp³-hybridized carbons (Fsp3) is 0.294. The molecule has 0 bridgehead atoms. The number of benzene rings is 2. The summed E-state index contributed by atoms with van der Waals surface area (Å²) in [5.41, 5.74) is 11.0. The van der Waals surface area contributed by atoms with Gasteiger partial charge in [-0.15, -0.1) is 0 Å². The van der Waals surface area contributed by atoms with Gasteiger partial charge in [-0.2, -0.15) is 0 Å². The van der Waals surface area contributed by atoms with E-state index in [1.54, 1.807) is 0 Å². The Balaban J connectivity index is 2.39. The van der Waals surface area contributed by atoms with Gasteiger partial charge in [0.25, 0.3) is 0 Å². The van der Waals surface area contributed by atoms with Crippen molar-refractivity contribution < 1.29 is 0 Å². The van der Waals surface area contributed by atoms with Gasteiger partial charge < -0.3 is 10.6 Å². The summed E-state index contributed by atoms with van der Waals surface area (Å²) in [5.74, 6) is 0. The second-order valence-corrected chi connectivity index (χ2v) is 6.03. The standard InChI is InChI=1S/C17H21BrN2/c1-12-8-9-14(15(18)10-12)17(11-19)20(3)16-7-5-4-6-13(16)2/h4-10,17H,11,19H2,1-3H3. The molecule has 0 spiro atoms. The Labute approximate surface area is 129 Å². The molecule has 0 aliphatic rings. The molecule has 0 aliphatic carbocycles. The van der Waals surface area contributed by atoms with Gasteiger partial charge in [0.2, 0.25) is 0 Å². The Morgan fingerprint density at radius 2 is 1.85 bits per heavy atom. The summed E-state index contributed by atoms with van der Waals surface area (Å²) in [4.78, 5) is 2.25. The lowest BCUT2D eigenvalue weighted by atomic mass is 10.0. The van der Waals surface area contributed by atoms with Gasteiger partial charge in [-0.25, -0.2) is 0 Å². The number of anilines is 1. The lowest BCUT2D eigenvalue weighted by Gasteiger charge is -2.31. The smallest absolute Gasteiger partial charge is 0.0672 e. The zero-order valence-electron chi connectivity index (χ0n) is 12.2. The Morgan fingerprint density at radius 3 is 2.45 bits per heavy atom. The highest BCUT2D eigenvalue weighted by atomic mass is 79.9. The van der Waals surface area contributed by atoms with Crippen LogP contribution in [0.15, 0.2) is 46.9 Å². The van der Waals surface area contributed by atoms with Crippen LogP contribution in [-0.2, 0) is 0 Å². The van der Waals surface area contributed by atoms with Crippen molar-refractivity contribution in [1.82, 2.24) is 0 Å². The molecule has 2 aromatic rings. The summed E-state index contributed by atoms with van der Waals surface area (Å²) in [6, 6.07) is 15.0. The first-order chi connectivity index (χ1) is 9.54. The molecule has 2 N–H and O–H groups in total. The van der Waals surface area contributed by atoms with Crippen LogP contribution in [0.4, 0.5) is 5.69 Å². The van der Waals surface area contributed by atoms with E-state index in [-0.39, 0.29) is 6.04 Å². The normalized spacial score (nSPS) is 12.2. The quantitative estimate of drug-likeness (QED) is 0.908. The van der Waals surface area contributed by atoms with Gasteiger partial charge in [0, 0.05) is 23.8 Å². The zero-order chi connectivity index (χ0) is 14.7. The largest absolute Gasteiger partial charge is 0.366 e. The van der Waals surface area contributed by atoms with Gasteiger partial charge in [-0.05, 0) is 42.7 Å². The molecule has 0 aromatic heterocycles. The Hall–Kier alpha value is -1.32. The van der Waals surface area contributed by atoms with Gasteiger partial charge in [-0.3, -0.25) is 0 Å². The third-order valence-electron chi connectivity index (χ3n) is 3.70. The van der Waals surface area contributed by atoms with E-state index in [1.807, 2.05) is 0 Å². The molecule has 0 aliphatic heterocycles. The number of likely N-dealkylation sites (N-methyl/N-ethyl adjacent to an activating group) is 1. The number of nitrogens with two attached hydrogens (primary N) is 1. The lowest BCUT2D eigenvalue weighted by molar-refractivity contribution is 0.676. The van der Waals surface area contributed by atoms with E-state index in [4.69, 9.17) is 5.73 Å². The van der Waals surface area contributed by atoms with E-state index < -0.39 is 0 Å². The number of hydrogen-bond donors (Lipinski definition) is 1. The Kier molecular flexibility index (Phi) is 4.84. The first-order valence-corrected chi connectivity index (χ1v) is 7.58. The van der Waals surface area contributed by atoms with Crippen LogP contribution >= 0.6 is 15.9 Å². The topological polar surface area (TPSA) is 29.3 Å². The van der Waals surface area contributed by atoms with Crippen molar-refractivity contribution in [1.29, 1.82) is 0 Å². The van der Waals surface area contributed by atoms with Crippen LogP contribution in [0.1, 0.15) is 22.7 Å². The van der Waals surface area contributed by atoms with E-state index in [2.05, 4.69) is 84.2 Å². The van der Waals surface area contributed by atoms with Crippen molar-refractivity contribution >= 4 is 21.6 Å². The first kappa shape index (κ1) is 15.1. The van der Waals surface area contributed by atoms with Crippen LogP contribution in [0.5, 0.6) is 0 Å². The van der Waals surface area contributed by atoms with Crippen molar-refractivity contribution in [2.45, 2.75) is 19.9 Å². The van der Waals surface area contributed by atoms with Crippen molar-refractivity contribution in [2.24, 2.45) is 5.73 Å². The Bertz CT molecular complexity index is 595. The van der Waals surface area contributed by atoms with Crippen LogP contribution in [-0.4, -0.2) is 13.6 Å². The molecule has 0 amide bonds. The molecule has 1 unspecified atom stereocenters. The second-order valence-electron chi connectivity index (χ2n) is 5.17. The van der Waals surface area contributed by atoms with Crippen molar-refractivity contribution in [2.75, 3.05) is 18.5 Å². The number of aryl methyl sites for hydroxylation is 2. The molecule has 0 heterocycles. The number of rotatable bonds is 4. The maximum absolute atomic E-state index is 6.04. The zero-order valence-corrected chi connectivity index (χ0v) is 13.8. The summed E-state index contributed by atoms with van der Waals surface area (Å²) < 4.78 is 1.12. The summed E-state index contributed by atoms with van der Waals surface area (Å²) in [6.45, 7) is 4.80. The van der Waals surface area contributed by atoms with Crippen LogP contribution < -0.4 is 10.6 Å². The molecule has 3 heteroatoms. The molecule has 0 saturated heterocycles. The molecule has 0 saturated carbocycles. The molecule has 0 fully saturated rings. The highest BCUT2D eigenvalue weighted by Gasteiger charge is 2.19. The monoisotopic (exact) mass is 332 g/mol. The third-order valence-corrected chi connectivity index (χ3v) is 4.39. The van der Waals surface area contributed by atoms with Crippen molar-refractivity contribution in [3.8, 4) is 0 Å². The van der Waals surface area contributed by atoms with Crippen LogP contribution in [0, 0.1) is 13.8 Å². The minimum absolute atomic E-state index is 0.158.